The number of nitrogens with two attached hydrogens (primary N) is 1. The van der Waals surface area contributed by atoms with Gasteiger partial charge in [-0.3, -0.25) is 4.79 Å². The summed E-state index contributed by atoms with van der Waals surface area (Å²) in [5, 5.41) is 3.39. The van der Waals surface area contributed by atoms with Crippen molar-refractivity contribution in [1.29, 1.82) is 0 Å². The lowest BCUT2D eigenvalue weighted by Crippen LogP contribution is -2.58. The van der Waals surface area contributed by atoms with E-state index in [0.29, 0.717) is 5.56 Å². The van der Waals surface area contributed by atoms with Crippen LogP contribution in [0.5, 0.6) is 0 Å². The summed E-state index contributed by atoms with van der Waals surface area (Å²) in [6.45, 7) is 6.96. The molecule has 20 heavy (non-hydrogen) atoms. The van der Waals surface area contributed by atoms with Crippen molar-refractivity contribution in [3.8, 4) is 0 Å². The van der Waals surface area contributed by atoms with Gasteiger partial charge in [-0.15, -0.1) is 0 Å². The zero-order valence-electron chi connectivity index (χ0n) is 12.2. The minimum atomic E-state index is -0.378. The van der Waals surface area contributed by atoms with Crippen molar-refractivity contribution in [2.75, 3.05) is 24.5 Å². The number of hydrogen-bond acceptors (Lipinski definition) is 4. The fourth-order valence-corrected chi connectivity index (χ4v) is 3.22. The highest BCUT2D eigenvalue weighted by molar-refractivity contribution is 5.98. The number of nitrogens with zero attached hydrogens (tertiary/aromatic N) is 2. The summed E-state index contributed by atoms with van der Waals surface area (Å²) in [5.41, 5.74) is 8.41. The maximum Gasteiger partial charge on any atom is 0.252 e. The monoisotopic (exact) mass is 274 g/mol. The van der Waals surface area contributed by atoms with Crippen molar-refractivity contribution in [3.63, 3.8) is 0 Å². The normalized spacial score (nSPS) is 20.8. The van der Waals surface area contributed by atoms with Gasteiger partial charge in [0.15, 0.2) is 0 Å². The Labute approximate surface area is 119 Å². The van der Waals surface area contributed by atoms with Crippen LogP contribution in [0.2, 0.25) is 0 Å². The third-order valence-electron chi connectivity index (χ3n) is 4.35. The van der Waals surface area contributed by atoms with Gasteiger partial charge in [0.2, 0.25) is 0 Å². The predicted octanol–water partition coefficient (Wildman–Crippen LogP) is 0.857. The average molecular weight is 274 g/mol. The first-order valence-electron chi connectivity index (χ1n) is 7.30. The van der Waals surface area contributed by atoms with Crippen molar-refractivity contribution in [2.24, 2.45) is 5.73 Å². The minimum absolute atomic E-state index is 0.0672. The summed E-state index contributed by atoms with van der Waals surface area (Å²) in [6.07, 6.45) is 3.14. The van der Waals surface area contributed by atoms with Crippen molar-refractivity contribution >= 4 is 11.7 Å². The van der Waals surface area contributed by atoms with E-state index >= 15 is 0 Å². The van der Waals surface area contributed by atoms with E-state index in [4.69, 9.17) is 10.7 Å². The lowest BCUT2D eigenvalue weighted by Gasteiger charge is -2.44. The number of anilines is 1. The van der Waals surface area contributed by atoms with E-state index in [2.05, 4.69) is 24.1 Å². The molecule has 1 fully saturated rings. The van der Waals surface area contributed by atoms with Crippen LogP contribution in [0.25, 0.3) is 0 Å². The van der Waals surface area contributed by atoms with Crippen LogP contribution >= 0.6 is 0 Å². The predicted molar refractivity (Wildman–Crippen MR) is 79.1 cm³/mol. The molecule has 0 unspecified atom stereocenters. The van der Waals surface area contributed by atoms with Crippen LogP contribution in [-0.2, 0) is 12.8 Å². The highest BCUT2D eigenvalue weighted by atomic mass is 16.1. The van der Waals surface area contributed by atoms with Gasteiger partial charge in [-0.05, 0) is 44.7 Å². The van der Waals surface area contributed by atoms with Crippen LogP contribution in [0.15, 0.2) is 6.07 Å². The van der Waals surface area contributed by atoms with E-state index in [1.807, 2.05) is 6.07 Å². The van der Waals surface area contributed by atoms with Crippen LogP contribution in [0.4, 0.5) is 5.82 Å². The number of primary amides is 1. The van der Waals surface area contributed by atoms with E-state index in [1.165, 1.54) is 5.56 Å². The minimum Gasteiger partial charge on any atom is -0.365 e. The Kier molecular flexibility index (Phi) is 3.17. The van der Waals surface area contributed by atoms with Crippen molar-refractivity contribution in [2.45, 2.75) is 38.6 Å². The highest BCUT2D eigenvalue weighted by Gasteiger charge is 2.33. The number of nitrogens with one attached hydrogen (secondary N) is 1. The third-order valence-corrected chi connectivity index (χ3v) is 4.35. The molecule has 3 N–H and O–H groups in total. The number of carbonyl (C=O) groups excluding carboxylic acids is 1. The molecule has 1 aliphatic carbocycles. The molecule has 2 heterocycles. The standard InChI is InChI=1S/C15H22N4O/c1-15(2)9-17-6-7-19(15)14-11(13(16)20)8-10-4-3-5-12(10)18-14/h8,17H,3-7,9H2,1-2H3,(H2,16,20). The topological polar surface area (TPSA) is 71.2 Å². The SMILES string of the molecule is CC1(C)CNCCN1c1nc2c(cc1C(N)=O)CCC2. The Balaban J connectivity index is 2.09. The molecule has 0 atom stereocenters. The molecule has 0 saturated carbocycles. The Morgan fingerprint density at radius 1 is 1.45 bits per heavy atom. The van der Waals surface area contributed by atoms with Gasteiger partial charge in [0.1, 0.15) is 5.82 Å². The van der Waals surface area contributed by atoms with Gasteiger partial charge >= 0.3 is 0 Å². The Morgan fingerprint density at radius 2 is 2.25 bits per heavy atom. The van der Waals surface area contributed by atoms with Gasteiger partial charge < -0.3 is 16.0 Å². The molecule has 0 spiro atoms. The number of hydrogen-bond donors (Lipinski definition) is 2. The highest BCUT2D eigenvalue weighted by Crippen LogP contribution is 2.31. The Morgan fingerprint density at radius 3 is 2.95 bits per heavy atom. The summed E-state index contributed by atoms with van der Waals surface area (Å²) >= 11 is 0. The molecule has 5 nitrogen and oxygen atoms in total. The molecular weight excluding hydrogens is 252 g/mol. The molecule has 0 aromatic carbocycles. The molecule has 1 saturated heterocycles. The molecule has 3 rings (SSSR count). The molecule has 108 valence electrons. The van der Waals surface area contributed by atoms with Gasteiger partial charge in [0, 0.05) is 30.9 Å². The van der Waals surface area contributed by atoms with E-state index in [1.54, 1.807) is 0 Å². The van der Waals surface area contributed by atoms with Gasteiger partial charge in [-0.1, -0.05) is 0 Å². The number of fused-ring (bicyclic) bond motifs is 1. The zero-order chi connectivity index (χ0) is 14.3. The zero-order valence-corrected chi connectivity index (χ0v) is 12.2. The van der Waals surface area contributed by atoms with Gasteiger partial charge in [0.25, 0.3) is 5.91 Å². The van der Waals surface area contributed by atoms with Crippen LogP contribution in [-0.4, -0.2) is 36.1 Å². The van der Waals surface area contributed by atoms with Gasteiger partial charge in [-0.2, -0.15) is 0 Å². The Bertz CT molecular complexity index is 553. The number of piperazine rings is 1. The first-order chi connectivity index (χ1) is 9.49. The largest absolute Gasteiger partial charge is 0.365 e. The molecule has 0 radical (unpaired) electrons. The fourth-order valence-electron chi connectivity index (χ4n) is 3.22. The van der Waals surface area contributed by atoms with Crippen molar-refractivity contribution in [3.05, 3.63) is 22.9 Å². The molecule has 5 heteroatoms. The molecule has 1 amide bonds. The molecule has 1 aromatic rings. The van der Waals surface area contributed by atoms with Gasteiger partial charge in [-0.25, -0.2) is 4.98 Å². The lowest BCUT2D eigenvalue weighted by atomic mass is 9.98. The third kappa shape index (κ3) is 2.16. The van der Waals surface area contributed by atoms with E-state index in [0.717, 1.165) is 50.4 Å². The number of aryl methyl sites for hydroxylation is 2. The summed E-state index contributed by atoms with van der Waals surface area (Å²) in [6, 6.07) is 1.96. The van der Waals surface area contributed by atoms with Gasteiger partial charge in [0.05, 0.1) is 5.56 Å². The Hall–Kier alpha value is -1.62. The maximum atomic E-state index is 11.8. The summed E-state index contributed by atoms with van der Waals surface area (Å²) < 4.78 is 0. The molecule has 1 aromatic heterocycles. The van der Waals surface area contributed by atoms with E-state index in [9.17, 15) is 4.79 Å². The molecule has 0 bridgehead atoms. The molecule has 1 aliphatic heterocycles. The first kappa shape index (κ1) is 13.4. The quantitative estimate of drug-likeness (QED) is 0.839. The van der Waals surface area contributed by atoms with Crippen LogP contribution < -0.4 is 16.0 Å². The number of pyridine rings is 1. The summed E-state index contributed by atoms with van der Waals surface area (Å²) in [7, 11) is 0. The summed E-state index contributed by atoms with van der Waals surface area (Å²) in [5.74, 6) is 0.390. The molecular formula is C15H22N4O. The summed E-state index contributed by atoms with van der Waals surface area (Å²) in [4.78, 5) is 18.8. The second-order valence-electron chi connectivity index (χ2n) is 6.32. The maximum absolute atomic E-state index is 11.8. The van der Waals surface area contributed by atoms with Crippen LogP contribution in [0.1, 0.15) is 41.9 Å². The van der Waals surface area contributed by atoms with Crippen LogP contribution in [0, 0.1) is 0 Å². The van der Waals surface area contributed by atoms with E-state index in [-0.39, 0.29) is 11.4 Å². The van der Waals surface area contributed by atoms with Crippen LogP contribution in [0.3, 0.4) is 0 Å². The average Bonchev–Trinajstić information content (AvgIpc) is 2.83. The number of carbonyl (C=O) groups is 1. The number of rotatable bonds is 2. The van der Waals surface area contributed by atoms with E-state index < -0.39 is 0 Å². The second-order valence-corrected chi connectivity index (χ2v) is 6.32. The van der Waals surface area contributed by atoms with Crippen molar-refractivity contribution in [1.82, 2.24) is 10.3 Å². The molecule has 2 aliphatic rings. The number of aromatic nitrogens is 1. The van der Waals surface area contributed by atoms with Crippen molar-refractivity contribution < 1.29 is 4.79 Å². The fraction of sp³-hybridized carbons (Fsp3) is 0.600. The number of amides is 1. The second kappa shape index (κ2) is 4.74. The lowest BCUT2D eigenvalue weighted by molar-refractivity contribution is 0.1000. The first-order valence-corrected chi connectivity index (χ1v) is 7.30. The smallest absolute Gasteiger partial charge is 0.252 e.